The van der Waals surface area contributed by atoms with Gasteiger partial charge in [-0.05, 0) is 19.4 Å². The molecule has 1 N–H and O–H groups in total. The maximum absolute atomic E-state index is 11.9. The first-order chi connectivity index (χ1) is 8.65. The van der Waals surface area contributed by atoms with E-state index in [1.165, 1.54) is 5.56 Å². The predicted molar refractivity (Wildman–Crippen MR) is 70.3 cm³/mol. The summed E-state index contributed by atoms with van der Waals surface area (Å²) < 4.78 is 1.57. The lowest BCUT2D eigenvalue weighted by atomic mass is 10.1. The molecule has 2 aliphatic rings. The highest BCUT2D eigenvalue weighted by Gasteiger charge is 2.11. The molecule has 0 aromatic heterocycles. The predicted octanol–water partition coefficient (Wildman–Crippen LogP) is 2.28. The first-order valence-electron chi connectivity index (χ1n) is 5.79. The van der Waals surface area contributed by atoms with Gasteiger partial charge in [0.05, 0.1) is 5.69 Å². The molecular weight excluding hydrogens is 226 g/mol. The summed E-state index contributed by atoms with van der Waals surface area (Å²) in [7, 11) is 0. The van der Waals surface area contributed by atoms with Crippen LogP contribution in [0, 0.1) is 13.8 Å². The van der Waals surface area contributed by atoms with Gasteiger partial charge >= 0.3 is 0 Å². The van der Waals surface area contributed by atoms with Gasteiger partial charge in [-0.25, -0.2) is 4.98 Å². The van der Waals surface area contributed by atoms with Gasteiger partial charge in [0.1, 0.15) is 5.69 Å². The molecule has 1 aromatic rings. The summed E-state index contributed by atoms with van der Waals surface area (Å²) in [6.07, 6.45) is 3.55. The lowest BCUT2D eigenvalue weighted by Crippen LogP contribution is -2.13. The Morgan fingerprint density at radius 1 is 1.17 bits per heavy atom. The third-order valence-corrected chi connectivity index (χ3v) is 3.03. The summed E-state index contributed by atoms with van der Waals surface area (Å²) in [5, 5.41) is 0. The van der Waals surface area contributed by atoms with Crippen molar-refractivity contribution in [3.05, 3.63) is 58.3 Å². The number of aromatic nitrogens is 3. The molecule has 0 radical (unpaired) electrons. The molecule has 4 nitrogen and oxygen atoms in total. The fourth-order valence-electron chi connectivity index (χ4n) is 1.98. The Kier molecular flexibility index (Phi) is 2.30. The topological polar surface area (TPSA) is 50.7 Å². The van der Waals surface area contributed by atoms with Crippen LogP contribution in [-0.2, 0) is 0 Å². The van der Waals surface area contributed by atoms with Crippen molar-refractivity contribution in [1.82, 2.24) is 14.5 Å². The number of nitrogens with one attached hydrogen (secondary N) is 1. The summed E-state index contributed by atoms with van der Waals surface area (Å²) in [4.78, 5) is 19.2. The minimum atomic E-state index is -0.0626. The van der Waals surface area contributed by atoms with E-state index in [9.17, 15) is 4.79 Å². The van der Waals surface area contributed by atoms with Crippen LogP contribution in [0.5, 0.6) is 0 Å². The number of benzene rings is 1. The van der Waals surface area contributed by atoms with E-state index < -0.39 is 0 Å². The smallest absolute Gasteiger partial charge is 0.277 e. The van der Waals surface area contributed by atoms with E-state index in [-0.39, 0.29) is 5.56 Å². The van der Waals surface area contributed by atoms with Crippen LogP contribution in [0.15, 0.2) is 41.5 Å². The number of hydrogen-bond acceptors (Lipinski definition) is 2. The molecule has 90 valence electrons. The number of nitrogens with zero attached hydrogens (tertiary/aromatic N) is 2. The number of hydrogen-bond donors (Lipinski definition) is 1. The van der Waals surface area contributed by atoms with Gasteiger partial charge in [-0.1, -0.05) is 29.8 Å². The number of fused-ring (bicyclic) bond motifs is 1. The second kappa shape index (κ2) is 3.84. The van der Waals surface area contributed by atoms with E-state index in [0.29, 0.717) is 11.5 Å². The van der Waals surface area contributed by atoms with Crippen molar-refractivity contribution in [2.45, 2.75) is 13.8 Å². The highest BCUT2D eigenvalue weighted by Crippen LogP contribution is 2.18. The molecule has 0 amide bonds. The Labute approximate surface area is 104 Å². The SMILES string of the molecule is Cc1ccc(-c2cn3c(=O)c(C)nc-3c[nH]2)cc1. The van der Waals surface area contributed by atoms with Gasteiger partial charge in [0.15, 0.2) is 5.82 Å². The van der Waals surface area contributed by atoms with E-state index in [1.54, 1.807) is 23.9 Å². The Morgan fingerprint density at radius 3 is 2.61 bits per heavy atom. The molecule has 4 heteroatoms. The maximum Gasteiger partial charge on any atom is 0.277 e. The minimum absolute atomic E-state index is 0.0626. The van der Waals surface area contributed by atoms with Crippen molar-refractivity contribution < 1.29 is 0 Å². The largest absolute Gasteiger partial charge is 0.357 e. The van der Waals surface area contributed by atoms with Gasteiger partial charge in [-0.3, -0.25) is 9.36 Å². The molecule has 0 aliphatic carbocycles. The van der Waals surface area contributed by atoms with Gasteiger partial charge in [0.25, 0.3) is 5.56 Å². The van der Waals surface area contributed by atoms with Crippen LogP contribution in [0.4, 0.5) is 0 Å². The Balaban J connectivity index is 2.19. The van der Waals surface area contributed by atoms with Crippen LogP contribution in [0.3, 0.4) is 0 Å². The zero-order chi connectivity index (χ0) is 12.7. The van der Waals surface area contributed by atoms with Gasteiger partial charge < -0.3 is 4.98 Å². The van der Waals surface area contributed by atoms with Gasteiger partial charge in [0, 0.05) is 12.4 Å². The number of rotatable bonds is 1. The molecule has 3 rings (SSSR count). The van der Waals surface area contributed by atoms with E-state index in [2.05, 4.69) is 9.97 Å². The molecule has 0 saturated carbocycles. The molecule has 0 unspecified atom stereocenters. The summed E-state index contributed by atoms with van der Waals surface area (Å²) in [5.74, 6) is 0.647. The first-order valence-corrected chi connectivity index (χ1v) is 5.79. The average molecular weight is 239 g/mol. The third-order valence-electron chi connectivity index (χ3n) is 3.03. The molecule has 0 saturated heterocycles. The Morgan fingerprint density at radius 2 is 1.89 bits per heavy atom. The van der Waals surface area contributed by atoms with Crippen LogP contribution < -0.4 is 5.56 Å². The second-order valence-electron chi connectivity index (χ2n) is 4.43. The zero-order valence-corrected chi connectivity index (χ0v) is 10.3. The molecule has 0 bridgehead atoms. The van der Waals surface area contributed by atoms with Crippen LogP contribution in [0.25, 0.3) is 17.1 Å². The van der Waals surface area contributed by atoms with Crippen molar-refractivity contribution in [2.24, 2.45) is 0 Å². The Hall–Kier alpha value is -2.36. The molecule has 1 aromatic carbocycles. The van der Waals surface area contributed by atoms with Crippen molar-refractivity contribution >= 4 is 0 Å². The highest BCUT2D eigenvalue weighted by atomic mass is 16.1. The van der Waals surface area contributed by atoms with E-state index in [4.69, 9.17) is 0 Å². The zero-order valence-electron chi connectivity index (χ0n) is 10.3. The highest BCUT2D eigenvalue weighted by molar-refractivity contribution is 5.59. The first kappa shape index (κ1) is 10.8. The van der Waals surface area contributed by atoms with Gasteiger partial charge in [-0.2, -0.15) is 0 Å². The van der Waals surface area contributed by atoms with E-state index in [1.807, 2.05) is 31.2 Å². The Bertz CT molecular complexity index is 722. The maximum atomic E-state index is 11.9. The van der Waals surface area contributed by atoms with E-state index >= 15 is 0 Å². The summed E-state index contributed by atoms with van der Waals surface area (Å²) in [6, 6.07) is 8.15. The molecular formula is C14H13N3O. The number of aromatic amines is 1. The van der Waals surface area contributed by atoms with Crippen molar-refractivity contribution in [3.8, 4) is 17.1 Å². The lowest BCUT2D eigenvalue weighted by molar-refractivity contribution is 0.973. The summed E-state index contributed by atoms with van der Waals surface area (Å²) in [6.45, 7) is 3.77. The van der Waals surface area contributed by atoms with E-state index in [0.717, 1.165) is 11.3 Å². The summed E-state index contributed by atoms with van der Waals surface area (Å²) >= 11 is 0. The molecule has 0 spiro atoms. The summed E-state index contributed by atoms with van der Waals surface area (Å²) in [5.41, 5.74) is 3.62. The van der Waals surface area contributed by atoms with Crippen LogP contribution in [0.2, 0.25) is 0 Å². The normalized spacial score (nSPS) is 11.0. The fraction of sp³-hybridized carbons (Fsp3) is 0.143. The van der Waals surface area contributed by atoms with Gasteiger partial charge in [-0.15, -0.1) is 0 Å². The van der Waals surface area contributed by atoms with Gasteiger partial charge in [0.2, 0.25) is 0 Å². The van der Waals surface area contributed by atoms with Crippen molar-refractivity contribution in [1.29, 1.82) is 0 Å². The standard InChI is InChI=1S/C14H13N3O/c1-9-3-5-11(6-4-9)12-8-17-13(7-15-12)16-10(2)14(17)18/h3-8,15H,1-2H3. The lowest BCUT2D eigenvalue weighted by Gasteiger charge is -2.06. The molecule has 2 aliphatic heterocycles. The van der Waals surface area contributed by atoms with Crippen molar-refractivity contribution in [3.63, 3.8) is 0 Å². The number of imidazole rings is 1. The van der Waals surface area contributed by atoms with Crippen LogP contribution in [-0.4, -0.2) is 14.5 Å². The third kappa shape index (κ3) is 1.62. The van der Waals surface area contributed by atoms with Crippen LogP contribution in [0.1, 0.15) is 11.3 Å². The molecule has 2 heterocycles. The molecule has 0 atom stereocenters. The van der Waals surface area contributed by atoms with Crippen LogP contribution >= 0.6 is 0 Å². The minimum Gasteiger partial charge on any atom is -0.357 e. The second-order valence-corrected chi connectivity index (χ2v) is 4.43. The van der Waals surface area contributed by atoms with Crippen molar-refractivity contribution in [2.75, 3.05) is 0 Å². The molecule has 18 heavy (non-hydrogen) atoms. The average Bonchev–Trinajstić information content (AvgIpc) is 2.66. The fourth-order valence-corrected chi connectivity index (χ4v) is 1.98. The quantitative estimate of drug-likeness (QED) is 0.708. The molecule has 0 fully saturated rings. The number of H-pyrrole nitrogens is 1. The monoisotopic (exact) mass is 239 g/mol. The number of aryl methyl sites for hydroxylation is 2.